The van der Waals surface area contributed by atoms with Gasteiger partial charge in [-0.2, -0.15) is 0 Å². The molecule has 0 aromatic heterocycles. The number of nitrogens with zero attached hydrogens (tertiary/aromatic N) is 2. The molecule has 1 unspecified atom stereocenters. The molecule has 1 amide bonds. The fourth-order valence-electron chi connectivity index (χ4n) is 4.72. The topological polar surface area (TPSA) is 44.7 Å². The van der Waals surface area contributed by atoms with Crippen molar-refractivity contribution >= 4 is 11.7 Å². The molecule has 0 bridgehead atoms. The monoisotopic (exact) mass is 449 g/mol. The maximum atomic E-state index is 12.4. The summed E-state index contributed by atoms with van der Waals surface area (Å²) in [6.45, 7) is 8.49. The first-order valence-electron chi connectivity index (χ1n) is 14.3. The van der Waals surface area contributed by atoms with Gasteiger partial charge in [-0.3, -0.25) is 9.79 Å². The van der Waals surface area contributed by atoms with Crippen LogP contribution < -0.4 is 5.32 Å². The molecule has 1 aliphatic heterocycles. The Morgan fingerprint density at radius 3 is 1.78 bits per heavy atom. The lowest BCUT2D eigenvalue weighted by Gasteiger charge is -2.28. The number of amidine groups is 1. The summed E-state index contributed by atoms with van der Waals surface area (Å²) in [5, 5.41) is 3.22. The van der Waals surface area contributed by atoms with Crippen molar-refractivity contribution in [1.29, 1.82) is 0 Å². The molecule has 1 rings (SSSR count). The number of unbranched alkanes of at least 4 members (excludes halogenated alkanes) is 16. The van der Waals surface area contributed by atoms with E-state index in [4.69, 9.17) is 4.99 Å². The quantitative estimate of drug-likeness (QED) is 0.170. The van der Waals surface area contributed by atoms with Crippen LogP contribution in [0.2, 0.25) is 0 Å². The fraction of sp³-hybridized carbons (Fsp3) is 0.929. The third-order valence-corrected chi connectivity index (χ3v) is 6.82. The van der Waals surface area contributed by atoms with Gasteiger partial charge in [0.05, 0.1) is 12.7 Å². The van der Waals surface area contributed by atoms with E-state index in [1.165, 1.54) is 115 Å². The second-order valence-electron chi connectivity index (χ2n) is 9.89. The van der Waals surface area contributed by atoms with Crippen LogP contribution in [0.15, 0.2) is 4.99 Å². The van der Waals surface area contributed by atoms with E-state index in [0.29, 0.717) is 6.42 Å². The van der Waals surface area contributed by atoms with E-state index in [0.717, 1.165) is 25.9 Å². The second-order valence-corrected chi connectivity index (χ2v) is 9.89. The zero-order chi connectivity index (χ0) is 23.3. The van der Waals surface area contributed by atoms with Crippen molar-refractivity contribution in [1.82, 2.24) is 10.2 Å². The highest BCUT2D eigenvalue weighted by atomic mass is 16.1. The normalized spacial score (nSPS) is 14.6. The molecule has 0 spiro atoms. The summed E-state index contributed by atoms with van der Waals surface area (Å²) in [5.41, 5.74) is 0. The predicted molar refractivity (Wildman–Crippen MR) is 140 cm³/mol. The van der Waals surface area contributed by atoms with Crippen LogP contribution >= 0.6 is 0 Å². The van der Waals surface area contributed by atoms with Crippen molar-refractivity contribution in [3.05, 3.63) is 0 Å². The average Bonchev–Trinajstić information content (AvgIpc) is 3.25. The summed E-state index contributed by atoms with van der Waals surface area (Å²) in [6, 6.07) is 0. The van der Waals surface area contributed by atoms with Gasteiger partial charge in [-0.1, -0.05) is 117 Å². The number of amides is 1. The number of nitrogens with one attached hydrogen (secondary N) is 1. The van der Waals surface area contributed by atoms with Crippen molar-refractivity contribution in [3.8, 4) is 0 Å². The van der Waals surface area contributed by atoms with Gasteiger partial charge in [-0.15, -0.1) is 0 Å². The molecule has 0 aromatic carbocycles. The molecule has 0 radical (unpaired) electrons. The largest absolute Gasteiger partial charge is 0.338 e. The molecular formula is C28H55N3O. The maximum Gasteiger partial charge on any atom is 0.221 e. The van der Waals surface area contributed by atoms with Crippen molar-refractivity contribution in [2.24, 2.45) is 4.99 Å². The molecular weight excluding hydrogens is 394 g/mol. The standard InChI is InChI=1S/C28H55N3O/c1-4-6-8-10-12-14-16-18-20-22-27-29-24-25-31(27)26(3)30-28(32)23-21-19-17-15-13-11-9-7-5-2/h26H,4-25H2,1-3H3,(H,30,32). The molecule has 4 nitrogen and oxygen atoms in total. The van der Waals surface area contributed by atoms with Gasteiger partial charge >= 0.3 is 0 Å². The van der Waals surface area contributed by atoms with Gasteiger partial charge < -0.3 is 10.2 Å². The van der Waals surface area contributed by atoms with Gasteiger partial charge in [-0.05, 0) is 19.8 Å². The molecule has 0 aliphatic carbocycles. The highest BCUT2D eigenvalue weighted by Gasteiger charge is 2.22. The van der Waals surface area contributed by atoms with Gasteiger partial charge in [0.2, 0.25) is 5.91 Å². The Bertz CT molecular complexity index is 477. The predicted octanol–water partition coefficient (Wildman–Crippen LogP) is 8.00. The smallest absolute Gasteiger partial charge is 0.221 e. The summed E-state index contributed by atoms with van der Waals surface area (Å²) >= 11 is 0. The van der Waals surface area contributed by atoms with Gasteiger partial charge in [0.1, 0.15) is 5.84 Å². The zero-order valence-electron chi connectivity index (χ0n) is 21.9. The molecule has 32 heavy (non-hydrogen) atoms. The minimum absolute atomic E-state index is 0.0703. The summed E-state index contributed by atoms with van der Waals surface area (Å²) in [6.07, 6.45) is 25.6. The van der Waals surface area contributed by atoms with Crippen LogP contribution in [-0.4, -0.2) is 35.9 Å². The Balaban J connectivity index is 2.05. The molecule has 0 saturated heterocycles. The molecule has 188 valence electrons. The zero-order valence-corrected chi connectivity index (χ0v) is 21.9. The summed E-state index contributed by atoms with van der Waals surface area (Å²) in [7, 11) is 0. The van der Waals surface area contributed by atoms with Gasteiger partial charge in [0.15, 0.2) is 0 Å². The lowest BCUT2D eigenvalue weighted by atomic mass is 10.1. The van der Waals surface area contributed by atoms with E-state index >= 15 is 0 Å². The first kappa shape index (κ1) is 29.0. The van der Waals surface area contributed by atoms with Gasteiger partial charge in [0.25, 0.3) is 0 Å². The molecule has 0 saturated carbocycles. The van der Waals surface area contributed by atoms with Crippen LogP contribution in [0.1, 0.15) is 149 Å². The van der Waals surface area contributed by atoms with Crippen molar-refractivity contribution < 1.29 is 4.79 Å². The fourth-order valence-corrected chi connectivity index (χ4v) is 4.72. The SMILES string of the molecule is CCCCCCCCCCCC(=O)NC(C)N1CCN=C1CCCCCCCCCCC. The third-order valence-electron chi connectivity index (χ3n) is 6.82. The van der Waals surface area contributed by atoms with Gasteiger partial charge in [-0.25, -0.2) is 0 Å². The van der Waals surface area contributed by atoms with Crippen molar-refractivity contribution in [2.75, 3.05) is 13.1 Å². The lowest BCUT2D eigenvalue weighted by molar-refractivity contribution is -0.122. The molecule has 0 fully saturated rings. The number of hydrogen-bond donors (Lipinski definition) is 1. The molecule has 0 aromatic rings. The number of carbonyl (C=O) groups is 1. The maximum absolute atomic E-state index is 12.4. The first-order chi connectivity index (χ1) is 15.7. The Hall–Kier alpha value is -1.06. The second kappa shape index (κ2) is 20.5. The molecule has 1 heterocycles. The minimum atomic E-state index is 0.0703. The van der Waals surface area contributed by atoms with E-state index in [2.05, 4.69) is 31.0 Å². The summed E-state index contributed by atoms with van der Waals surface area (Å²) < 4.78 is 0. The van der Waals surface area contributed by atoms with Crippen molar-refractivity contribution in [3.63, 3.8) is 0 Å². The highest BCUT2D eigenvalue weighted by Crippen LogP contribution is 2.15. The Kier molecular flexibility index (Phi) is 18.6. The number of carbonyl (C=O) groups excluding carboxylic acids is 1. The van der Waals surface area contributed by atoms with Crippen LogP contribution in [0.25, 0.3) is 0 Å². The van der Waals surface area contributed by atoms with E-state index in [1.54, 1.807) is 0 Å². The van der Waals surface area contributed by atoms with E-state index in [1.807, 2.05) is 0 Å². The summed E-state index contributed by atoms with van der Waals surface area (Å²) in [5.74, 6) is 1.42. The molecule has 4 heteroatoms. The average molecular weight is 450 g/mol. The molecule has 1 N–H and O–H groups in total. The van der Waals surface area contributed by atoms with Gasteiger partial charge in [0, 0.05) is 19.4 Å². The highest BCUT2D eigenvalue weighted by molar-refractivity contribution is 5.84. The molecule has 1 aliphatic rings. The third kappa shape index (κ3) is 14.9. The number of aliphatic imine (C=N–C) groups is 1. The molecule has 1 atom stereocenters. The number of hydrogen-bond acceptors (Lipinski definition) is 3. The Morgan fingerprint density at radius 2 is 1.25 bits per heavy atom. The first-order valence-corrected chi connectivity index (χ1v) is 14.3. The van der Waals surface area contributed by atoms with Crippen LogP contribution in [0.4, 0.5) is 0 Å². The van der Waals surface area contributed by atoms with E-state index in [-0.39, 0.29) is 12.1 Å². The minimum Gasteiger partial charge on any atom is -0.338 e. The van der Waals surface area contributed by atoms with Crippen LogP contribution in [0.3, 0.4) is 0 Å². The van der Waals surface area contributed by atoms with E-state index < -0.39 is 0 Å². The van der Waals surface area contributed by atoms with Crippen LogP contribution in [0.5, 0.6) is 0 Å². The van der Waals surface area contributed by atoms with Crippen LogP contribution in [0, 0.1) is 0 Å². The van der Waals surface area contributed by atoms with Crippen molar-refractivity contribution in [2.45, 2.75) is 155 Å². The van der Waals surface area contributed by atoms with Crippen LogP contribution in [-0.2, 0) is 4.79 Å². The summed E-state index contributed by atoms with van der Waals surface area (Å²) in [4.78, 5) is 19.4. The Morgan fingerprint density at radius 1 is 0.781 bits per heavy atom. The Labute approximate surface area is 200 Å². The van der Waals surface area contributed by atoms with E-state index in [9.17, 15) is 4.79 Å². The number of rotatable bonds is 22. The lowest BCUT2D eigenvalue weighted by Crippen LogP contribution is -2.47.